The number of rotatable bonds is 7. The van der Waals surface area contributed by atoms with Crippen LogP contribution in [0, 0.1) is 18.8 Å². The molecule has 3 heterocycles. The van der Waals surface area contributed by atoms with Gasteiger partial charge in [0, 0.05) is 17.9 Å². The number of benzene rings is 1. The predicted octanol–water partition coefficient (Wildman–Crippen LogP) is 3.01. The zero-order valence-electron chi connectivity index (χ0n) is 18.5. The number of hydrogen-bond donors (Lipinski definition) is 2. The van der Waals surface area contributed by atoms with E-state index in [9.17, 15) is 19.5 Å². The molecule has 9 heteroatoms. The van der Waals surface area contributed by atoms with Crippen LogP contribution < -0.4 is 5.32 Å². The molecule has 3 aliphatic heterocycles. The third kappa shape index (κ3) is 3.42. The molecule has 1 aromatic rings. The van der Waals surface area contributed by atoms with E-state index in [2.05, 4.69) is 5.32 Å². The average Bonchev–Trinajstić information content (AvgIpc) is 3.30. The fourth-order valence-corrected chi connectivity index (χ4v) is 8.39. The number of amides is 2. The number of aliphatic hydroxyl groups excluding tert-OH is 1. The zero-order valence-corrected chi connectivity index (χ0v) is 20.1. The number of carbonyl (C=O) groups is 3. The number of aliphatic hydroxyl groups is 1. The van der Waals surface area contributed by atoms with Crippen molar-refractivity contribution in [3.8, 4) is 0 Å². The fraction of sp³-hybridized carbons (Fsp3) is 0.609. The minimum atomic E-state index is -0.756. The molecule has 2 amide bonds. The molecule has 2 bridgehead atoms. The van der Waals surface area contributed by atoms with Gasteiger partial charge in [0.05, 0.1) is 33.9 Å². The molecule has 3 aliphatic rings. The van der Waals surface area contributed by atoms with Crippen molar-refractivity contribution in [2.45, 2.75) is 55.6 Å². The minimum Gasteiger partial charge on any atom is -0.466 e. The van der Waals surface area contributed by atoms with Gasteiger partial charge in [-0.1, -0.05) is 23.7 Å². The molecular weight excluding hydrogens is 452 g/mol. The number of ether oxygens (including phenoxy) is 1. The van der Waals surface area contributed by atoms with Gasteiger partial charge in [-0.2, -0.15) is 0 Å². The number of nitrogens with one attached hydrogen (secondary N) is 1. The third-order valence-corrected chi connectivity index (χ3v) is 9.39. The molecule has 1 spiro atoms. The average molecular weight is 481 g/mol. The molecule has 3 saturated heterocycles. The molecule has 7 nitrogen and oxygen atoms in total. The van der Waals surface area contributed by atoms with Gasteiger partial charge in [-0.25, -0.2) is 0 Å². The summed E-state index contributed by atoms with van der Waals surface area (Å²) in [6, 6.07) is 4.63. The second-order valence-electron chi connectivity index (χ2n) is 9.01. The van der Waals surface area contributed by atoms with Gasteiger partial charge in [-0.05, 0) is 51.7 Å². The van der Waals surface area contributed by atoms with Crippen LogP contribution in [0.15, 0.2) is 18.2 Å². The van der Waals surface area contributed by atoms with E-state index in [1.807, 2.05) is 26.0 Å². The monoisotopic (exact) mass is 480 g/mol. The van der Waals surface area contributed by atoms with Gasteiger partial charge in [0.25, 0.3) is 0 Å². The smallest absolute Gasteiger partial charge is 0.311 e. The third-order valence-electron chi connectivity index (χ3n) is 7.09. The summed E-state index contributed by atoms with van der Waals surface area (Å²) >= 11 is 7.93. The molecule has 0 radical (unpaired) electrons. The van der Waals surface area contributed by atoms with Crippen molar-refractivity contribution in [2.24, 2.45) is 11.8 Å². The number of thioether (sulfide) groups is 1. The SMILES string of the molecule is CCOC(=O)[C@H]1[C@H]2C(=O)N(CCCO)C(C(=O)Nc3c(C)cccc3Cl)C23CC[C@]1(C)S3. The Morgan fingerprint density at radius 1 is 1.38 bits per heavy atom. The Labute approximate surface area is 197 Å². The number of nitrogens with zero attached hydrogens (tertiary/aromatic N) is 1. The quantitative estimate of drug-likeness (QED) is 0.582. The van der Waals surface area contributed by atoms with E-state index in [1.54, 1.807) is 29.7 Å². The maximum atomic E-state index is 13.7. The van der Waals surface area contributed by atoms with Crippen LogP contribution in [0.4, 0.5) is 5.69 Å². The minimum absolute atomic E-state index is 0.0917. The highest BCUT2D eigenvalue weighted by molar-refractivity contribution is 8.02. The molecule has 174 valence electrons. The van der Waals surface area contributed by atoms with Gasteiger partial charge >= 0.3 is 5.97 Å². The molecular formula is C23H29ClN2O5S. The largest absolute Gasteiger partial charge is 0.466 e. The standard InChI is InChI=1S/C23H29ClN2O5S/c1-4-31-21(30)16-15-20(29)26(11-6-12-27)18(23(15)10-9-22(16,3)32-23)19(28)25-17-13(2)7-5-8-14(17)24/h5,7-8,15-16,18,27H,4,6,9-12H2,1-3H3,(H,25,28)/t15-,16+,18?,22-,23?/m0/s1. The van der Waals surface area contributed by atoms with Gasteiger partial charge in [0.1, 0.15) is 6.04 Å². The molecule has 2 unspecified atom stereocenters. The molecule has 4 rings (SSSR count). The lowest BCUT2D eigenvalue weighted by Crippen LogP contribution is -2.51. The maximum absolute atomic E-state index is 13.7. The lowest BCUT2D eigenvalue weighted by atomic mass is 9.66. The van der Waals surface area contributed by atoms with Crippen molar-refractivity contribution in [1.82, 2.24) is 4.90 Å². The van der Waals surface area contributed by atoms with Crippen LogP contribution in [-0.4, -0.2) is 63.1 Å². The number of hydrogen-bond acceptors (Lipinski definition) is 6. The number of aryl methyl sites for hydroxylation is 1. The lowest BCUT2D eigenvalue weighted by molar-refractivity contribution is -0.155. The van der Waals surface area contributed by atoms with Crippen molar-refractivity contribution in [2.75, 3.05) is 25.1 Å². The normalized spacial score (nSPS) is 32.8. The van der Waals surface area contributed by atoms with Crippen LogP contribution in [0.25, 0.3) is 0 Å². The van der Waals surface area contributed by atoms with Gasteiger partial charge in [-0.15, -0.1) is 11.8 Å². The number of esters is 1. The van der Waals surface area contributed by atoms with E-state index >= 15 is 0 Å². The summed E-state index contributed by atoms with van der Waals surface area (Å²) in [6.07, 6.45) is 1.75. The number of para-hydroxylation sites is 1. The van der Waals surface area contributed by atoms with Gasteiger partial charge in [0.2, 0.25) is 11.8 Å². The Bertz CT molecular complexity index is 938. The highest BCUT2D eigenvalue weighted by atomic mass is 35.5. The second kappa shape index (κ2) is 8.54. The highest BCUT2D eigenvalue weighted by Gasteiger charge is 2.77. The van der Waals surface area contributed by atoms with Crippen LogP contribution in [0.2, 0.25) is 5.02 Å². The maximum Gasteiger partial charge on any atom is 0.311 e. The molecule has 0 aliphatic carbocycles. The molecule has 5 atom stereocenters. The number of likely N-dealkylation sites (tertiary alicyclic amines) is 1. The van der Waals surface area contributed by atoms with E-state index in [0.717, 1.165) is 12.0 Å². The van der Waals surface area contributed by atoms with Crippen molar-refractivity contribution >= 4 is 46.8 Å². The second-order valence-corrected chi connectivity index (χ2v) is 11.3. The summed E-state index contributed by atoms with van der Waals surface area (Å²) in [7, 11) is 0. The molecule has 2 N–H and O–H groups in total. The van der Waals surface area contributed by atoms with Crippen molar-refractivity contribution in [3.63, 3.8) is 0 Å². The summed E-state index contributed by atoms with van der Waals surface area (Å²) in [5.41, 5.74) is 1.35. The topological polar surface area (TPSA) is 95.9 Å². The van der Waals surface area contributed by atoms with Gasteiger partial charge in [-0.3, -0.25) is 14.4 Å². The van der Waals surface area contributed by atoms with Crippen molar-refractivity contribution < 1.29 is 24.2 Å². The number of carbonyl (C=O) groups excluding carboxylic acids is 3. The zero-order chi connectivity index (χ0) is 23.3. The van der Waals surface area contributed by atoms with Crippen LogP contribution in [0.1, 0.15) is 38.7 Å². The van der Waals surface area contributed by atoms with Crippen LogP contribution in [-0.2, 0) is 19.1 Å². The van der Waals surface area contributed by atoms with E-state index in [1.165, 1.54) is 0 Å². The van der Waals surface area contributed by atoms with E-state index < -0.39 is 27.4 Å². The Morgan fingerprint density at radius 3 is 2.78 bits per heavy atom. The van der Waals surface area contributed by atoms with Gasteiger partial charge < -0.3 is 20.1 Å². The summed E-state index contributed by atoms with van der Waals surface area (Å²) in [4.78, 5) is 41.9. The number of anilines is 1. The summed E-state index contributed by atoms with van der Waals surface area (Å²) in [5.74, 6) is -2.09. The van der Waals surface area contributed by atoms with Crippen molar-refractivity contribution in [3.05, 3.63) is 28.8 Å². The molecule has 1 aromatic carbocycles. The first-order valence-corrected chi connectivity index (χ1v) is 12.2. The number of halogens is 1. The number of fused-ring (bicyclic) bond motifs is 1. The summed E-state index contributed by atoms with van der Waals surface area (Å²) < 4.78 is 4.19. The van der Waals surface area contributed by atoms with Crippen LogP contribution in [0.5, 0.6) is 0 Å². The molecule has 3 fully saturated rings. The van der Waals surface area contributed by atoms with Crippen LogP contribution in [0.3, 0.4) is 0 Å². The van der Waals surface area contributed by atoms with Gasteiger partial charge in [0.15, 0.2) is 0 Å². The molecule has 0 saturated carbocycles. The Kier molecular flexibility index (Phi) is 6.24. The molecule has 0 aromatic heterocycles. The van der Waals surface area contributed by atoms with Crippen molar-refractivity contribution in [1.29, 1.82) is 0 Å². The van der Waals surface area contributed by atoms with E-state index in [0.29, 0.717) is 23.6 Å². The van der Waals surface area contributed by atoms with E-state index in [4.69, 9.17) is 16.3 Å². The first kappa shape index (κ1) is 23.4. The summed E-state index contributed by atoms with van der Waals surface area (Å²) in [6.45, 7) is 6.02. The Balaban J connectivity index is 1.74. The predicted molar refractivity (Wildman–Crippen MR) is 124 cm³/mol. The Hall–Kier alpha value is -1.77. The summed E-state index contributed by atoms with van der Waals surface area (Å²) in [5, 5.41) is 12.8. The van der Waals surface area contributed by atoms with Crippen LogP contribution >= 0.6 is 23.4 Å². The molecule has 32 heavy (non-hydrogen) atoms. The highest BCUT2D eigenvalue weighted by Crippen LogP contribution is 2.71. The first-order valence-electron chi connectivity index (χ1n) is 11.0. The first-order chi connectivity index (χ1) is 15.2. The lowest BCUT2D eigenvalue weighted by Gasteiger charge is -2.34. The fourth-order valence-electron chi connectivity index (χ4n) is 5.78. The Morgan fingerprint density at radius 2 is 2.12 bits per heavy atom. The van der Waals surface area contributed by atoms with E-state index in [-0.39, 0.29) is 37.5 Å².